The van der Waals surface area contributed by atoms with Gasteiger partial charge in [-0.3, -0.25) is 4.79 Å². The third-order valence-corrected chi connectivity index (χ3v) is 8.66. The molecule has 6 N–H and O–H groups in total. The number of amidine groups is 1. The highest BCUT2D eigenvalue weighted by molar-refractivity contribution is 7.89. The number of para-hydroxylation sites is 1. The standard InChI is InChI=1S/C27H24N6O5S2/c28-25(32-35)18-7-3-5-16(11-18)13-21(27-31-20-9-1-2-10-23(20)39-27)33-40(36,37)19-8-4-6-17(12-19)14-24-30-22(15-38-24)26(29)34/h1-12,15,21,33,35H,13-14H2,(H2,28,32)(H2,29,34). The van der Waals surface area contributed by atoms with Crippen molar-refractivity contribution in [3.05, 3.63) is 112 Å². The summed E-state index contributed by atoms with van der Waals surface area (Å²) in [4.78, 5) is 20.1. The molecule has 1 atom stereocenters. The maximum absolute atomic E-state index is 13.6. The Morgan fingerprint density at radius 1 is 1.02 bits per heavy atom. The van der Waals surface area contributed by atoms with Crippen LogP contribution in [0.4, 0.5) is 0 Å². The molecule has 1 unspecified atom stereocenters. The molecule has 5 rings (SSSR count). The van der Waals surface area contributed by atoms with Crippen LogP contribution >= 0.6 is 11.3 Å². The van der Waals surface area contributed by atoms with E-state index in [1.54, 1.807) is 30.3 Å². The third kappa shape index (κ3) is 6.01. The number of nitrogens with two attached hydrogens (primary N) is 2. The SMILES string of the molecule is NC(=O)c1coc(Cc2cccc(S(=O)(=O)NC(Cc3cccc(/C(N)=N\O)c3)c3nc4ccccc4s3)c2)n1. The number of amides is 1. The number of sulfonamides is 1. The lowest BCUT2D eigenvalue weighted by Crippen LogP contribution is -2.30. The first-order valence-corrected chi connectivity index (χ1v) is 14.3. The molecule has 0 fully saturated rings. The molecule has 11 nitrogen and oxygen atoms in total. The van der Waals surface area contributed by atoms with E-state index in [0.29, 0.717) is 16.1 Å². The van der Waals surface area contributed by atoms with Crippen molar-refractivity contribution in [2.24, 2.45) is 16.6 Å². The van der Waals surface area contributed by atoms with E-state index in [2.05, 4.69) is 14.9 Å². The van der Waals surface area contributed by atoms with Crippen LogP contribution in [0.1, 0.15) is 44.1 Å². The molecule has 0 aliphatic carbocycles. The van der Waals surface area contributed by atoms with Gasteiger partial charge < -0.3 is 21.1 Å². The van der Waals surface area contributed by atoms with Crippen LogP contribution in [0.2, 0.25) is 0 Å². The van der Waals surface area contributed by atoms with E-state index in [-0.39, 0.29) is 35.2 Å². The summed E-state index contributed by atoms with van der Waals surface area (Å²) in [7, 11) is -4.02. The summed E-state index contributed by atoms with van der Waals surface area (Å²) in [6.07, 6.45) is 1.59. The minimum absolute atomic E-state index is 0.00444. The van der Waals surface area contributed by atoms with Gasteiger partial charge in [-0.25, -0.2) is 23.1 Å². The number of aromatic nitrogens is 2. The molecule has 0 bridgehead atoms. The predicted molar refractivity (Wildman–Crippen MR) is 150 cm³/mol. The zero-order chi connectivity index (χ0) is 28.3. The molecular formula is C27H24N6O5S2. The monoisotopic (exact) mass is 576 g/mol. The zero-order valence-electron chi connectivity index (χ0n) is 20.9. The Balaban J connectivity index is 1.46. The van der Waals surface area contributed by atoms with E-state index in [4.69, 9.17) is 26.1 Å². The average Bonchev–Trinajstić information content (AvgIpc) is 3.60. The number of oxime groups is 1. The van der Waals surface area contributed by atoms with Crippen molar-refractivity contribution >= 4 is 43.3 Å². The maximum Gasteiger partial charge on any atom is 0.270 e. The predicted octanol–water partition coefficient (Wildman–Crippen LogP) is 3.33. The normalized spacial score (nSPS) is 12.9. The van der Waals surface area contributed by atoms with Crippen LogP contribution in [0.15, 0.2) is 93.5 Å². The van der Waals surface area contributed by atoms with Crippen LogP contribution in [0.3, 0.4) is 0 Å². The van der Waals surface area contributed by atoms with Gasteiger partial charge in [-0.1, -0.05) is 47.6 Å². The number of hydrogen-bond donors (Lipinski definition) is 4. The van der Waals surface area contributed by atoms with E-state index in [1.165, 1.54) is 23.5 Å². The first-order valence-electron chi connectivity index (χ1n) is 12.0. The molecule has 2 heterocycles. The van der Waals surface area contributed by atoms with Crippen molar-refractivity contribution in [1.29, 1.82) is 0 Å². The molecule has 5 aromatic rings. The Morgan fingerprint density at radius 2 is 1.80 bits per heavy atom. The summed E-state index contributed by atoms with van der Waals surface area (Å²) in [5.41, 5.74) is 13.6. The van der Waals surface area contributed by atoms with Gasteiger partial charge in [-0.2, -0.15) is 0 Å². The zero-order valence-corrected chi connectivity index (χ0v) is 22.5. The quantitative estimate of drug-likeness (QED) is 0.0843. The first-order chi connectivity index (χ1) is 19.2. The van der Waals surface area contributed by atoms with Crippen molar-refractivity contribution in [2.45, 2.75) is 23.8 Å². The van der Waals surface area contributed by atoms with Crippen molar-refractivity contribution in [2.75, 3.05) is 0 Å². The average molecular weight is 577 g/mol. The number of fused-ring (bicyclic) bond motifs is 1. The molecule has 0 aliphatic rings. The van der Waals surface area contributed by atoms with Gasteiger partial charge in [0.2, 0.25) is 10.0 Å². The summed E-state index contributed by atoms with van der Waals surface area (Å²) >= 11 is 1.40. The number of benzene rings is 3. The van der Waals surface area contributed by atoms with Gasteiger partial charge in [0.05, 0.1) is 21.2 Å². The Kier molecular flexibility index (Phi) is 7.60. The summed E-state index contributed by atoms with van der Waals surface area (Å²) in [6, 6.07) is 20.2. The number of hydrogen-bond acceptors (Lipinski definition) is 9. The fraction of sp³-hybridized carbons (Fsp3) is 0.111. The van der Waals surface area contributed by atoms with Gasteiger partial charge >= 0.3 is 0 Å². The number of rotatable bonds is 10. The minimum Gasteiger partial charge on any atom is -0.448 e. The summed E-state index contributed by atoms with van der Waals surface area (Å²) in [5, 5.41) is 12.7. The lowest BCUT2D eigenvalue weighted by Gasteiger charge is -2.18. The van der Waals surface area contributed by atoms with Gasteiger partial charge in [0.25, 0.3) is 5.91 Å². The molecule has 204 valence electrons. The van der Waals surface area contributed by atoms with Gasteiger partial charge in [0.15, 0.2) is 17.4 Å². The number of carbonyl (C=O) groups excluding carboxylic acids is 1. The second-order valence-corrected chi connectivity index (χ2v) is 11.7. The third-order valence-electron chi connectivity index (χ3n) is 6.04. The van der Waals surface area contributed by atoms with Crippen molar-refractivity contribution < 1.29 is 22.8 Å². The molecule has 3 aromatic carbocycles. The molecule has 2 aromatic heterocycles. The van der Waals surface area contributed by atoms with Crippen LogP contribution in [-0.2, 0) is 22.9 Å². The van der Waals surface area contributed by atoms with Crippen LogP contribution in [-0.4, -0.2) is 35.3 Å². The van der Waals surface area contributed by atoms with Gasteiger partial charge in [0, 0.05) is 12.0 Å². The van der Waals surface area contributed by atoms with Crippen LogP contribution in [0.25, 0.3) is 10.2 Å². The fourth-order valence-corrected chi connectivity index (χ4v) is 6.49. The molecule has 0 spiro atoms. The van der Waals surface area contributed by atoms with Crippen LogP contribution in [0.5, 0.6) is 0 Å². The number of thiazole rings is 1. The number of nitrogens with one attached hydrogen (secondary N) is 1. The molecule has 1 amide bonds. The highest BCUT2D eigenvalue weighted by Crippen LogP contribution is 2.30. The summed E-state index contributed by atoms with van der Waals surface area (Å²) < 4.78 is 36.3. The maximum atomic E-state index is 13.6. The van der Waals surface area contributed by atoms with Crippen LogP contribution in [0, 0.1) is 0 Å². The van der Waals surface area contributed by atoms with Crippen molar-refractivity contribution in [3.63, 3.8) is 0 Å². The Hall–Kier alpha value is -4.59. The molecule has 0 saturated heterocycles. The van der Waals surface area contributed by atoms with E-state index in [9.17, 15) is 13.2 Å². The van der Waals surface area contributed by atoms with E-state index >= 15 is 0 Å². The lowest BCUT2D eigenvalue weighted by atomic mass is 10.0. The van der Waals surface area contributed by atoms with E-state index in [1.807, 2.05) is 30.3 Å². The first kappa shape index (κ1) is 27.0. The molecule has 0 radical (unpaired) electrons. The smallest absolute Gasteiger partial charge is 0.270 e. The topological polar surface area (TPSA) is 187 Å². The number of carbonyl (C=O) groups is 1. The number of oxazole rings is 1. The van der Waals surface area contributed by atoms with Crippen LogP contribution < -0.4 is 16.2 Å². The van der Waals surface area contributed by atoms with E-state index in [0.717, 1.165) is 22.0 Å². The summed E-state index contributed by atoms with van der Waals surface area (Å²) in [6.45, 7) is 0. The Bertz CT molecular complexity index is 1800. The molecule has 0 saturated carbocycles. The van der Waals surface area contributed by atoms with Gasteiger partial charge in [-0.05, 0) is 47.9 Å². The van der Waals surface area contributed by atoms with E-state index < -0.39 is 22.0 Å². The Morgan fingerprint density at radius 3 is 2.55 bits per heavy atom. The fourth-order valence-electron chi connectivity index (χ4n) is 4.13. The second kappa shape index (κ2) is 11.3. The van der Waals surface area contributed by atoms with Crippen molar-refractivity contribution in [3.8, 4) is 0 Å². The molecule has 13 heteroatoms. The Labute approximate surface area is 233 Å². The lowest BCUT2D eigenvalue weighted by molar-refractivity contribution is 0.0995. The van der Waals surface area contributed by atoms with Gasteiger partial charge in [0.1, 0.15) is 11.3 Å². The highest BCUT2D eigenvalue weighted by Gasteiger charge is 2.25. The largest absolute Gasteiger partial charge is 0.448 e. The minimum atomic E-state index is -4.02. The number of nitrogens with zero attached hydrogens (tertiary/aromatic N) is 3. The number of primary amides is 1. The molecular weight excluding hydrogens is 552 g/mol. The molecule has 40 heavy (non-hydrogen) atoms. The second-order valence-electron chi connectivity index (χ2n) is 8.90. The highest BCUT2D eigenvalue weighted by atomic mass is 32.2. The summed E-state index contributed by atoms with van der Waals surface area (Å²) in [5.74, 6) is -0.535. The van der Waals surface area contributed by atoms with Gasteiger partial charge in [-0.15, -0.1) is 11.3 Å². The molecule has 0 aliphatic heterocycles. The van der Waals surface area contributed by atoms with Crippen molar-refractivity contribution in [1.82, 2.24) is 14.7 Å².